The molecule has 2 N–H and O–H groups in total. The third-order valence-corrected chi connectivity index (χ3v) is 3.66. The Labute approximate surface area is 118 Å². The van der Waals surface area contributed by atoms with Gasteiger partial charge < -0.3 is 10.2 Å². The SMILES string of the molecule is CC(=O)C(Cl)c1ccc(CBr)c(C(O)C(=O)O)c1. The summed E-state index contributed by atoms with van der Waals surface area (Å²) in [5.74, 6) is -1.58. The van der Waals surface area contributed by atoms with E-state index in [4.69, 9.17) is 16.7 Å². The molecule has 0 saturated heterocycles. The van der Waals surface area contributed by atoms with Crippen molar-refractivity contribution in [1.82, 2.24) is 0 Å². The third kappa shape index (κ3) is 3.31. The van der Waals surface area contributed by atoms with Crippen molar-refractivity contribution in [3.05, 3.63) is 34.9 Å². The fourth-order valence-corrected chi connectivity index (χ4v) is 2.16. The minimum Gasteiger partial charge on any atom is -0.479 e. The van der Waals surface area contributed by atoms with Gasteiger partial charge in [0.05, 0.1) is 0 Å². The Kier molecular flexibility index (Phi) is 5.31. The van der Waals surface area contributed by atoms with E-state index in [-0.39, 0.29) is 11.3 Å². The number of rotatable bonds is 5. The zero-order valence-electron chi connectivity index (χ0n) is 9.56. The zero-order valence-corrected chi connectivity index (χ0v) is 11.9. The second-order valence-electron chi connectivity index (χ2n) is 3.81. The number of aliphatic hydroxyl groups excluding tert-OH is 1. The molecule has 0 radical (unpaired) electrons. The molecule has 0 heterocycles. The summed E-state index contributed by atoms with van der Waals surface area (Å²) in [6.45, 7) is 1.35. The van der Waals surface area contributed by atoms with Gasteiger partial charge in [-0.2, -0.15) is 0 Å². The molecule has 0 aliphatic carbocycles. The molecule has 0 aromatic heterocycles. The van der Waals surface area contributed by atoms with Gasteiger partial charge in [-0.05, 0) is 23.6 Å². The molecule has 0 aliphatic heterocycles. The molecule has 0 fully saturated rings. The van der Waals surface area contributed by atoms with E-state index in [1.54, 1.807) is 12.1 Å². The van der Waals surface area contributed by atoms with Crippen LogP contribution < -0.4 is 0 Å². The van der Waals surface area contributed by atoms with Crippen LogP contribution in [-0.4, -0.2) is 22.0 Å². The minimum atomic E-state index is -1.63. The lowest BCUT2D eigenvalue weighted by Gasteiger charge is -2.14. The van der Waals surface area contributed by atoms with Gasteiger partial charge in [-0.15, -0.1) is 11.6 Å². The molecule has 0 aliphatic rings. The van der Waals surface area contributed by atoms with Gasteiger partial charge in [-0.3, -0.25) is 4.79 Å². The number of aliphatic carboxylic acids is 1. The van der Waals surface area contributed by atoms with Crippen LogP contribution in [0.4, 0.5) is 0 Å². The molecule has 2 unspecified atom stereocenters. The van der Waals surface area contributed by atoms with E-state index < -0.39 is 17.5 Å². The van der Waals surface area contributed by atoms with Crippen molar-refractivity contribution < 1.29 is 19.8 Å². The van der Waals surface area contributed by atoms with E-state index in [1.807, 2.05) is 0 Å². The number of Topliss-reactive ketones (excluding diaryl/α,β-unsaturated/α-hetero) is 1. The van der Waals surface area contributed by atoms with Gasteiger partial charge >= 0.3 is 5.97 Å². The largest absolute Gasteiger partial charge is 0.479 e. The molecule has 98 valence electrons. The van der Waals surface area contributed by atoms with E-state index >= 15 is 0 Å². The number of carboxylic acids is 1. The summed E-state index contributed by atoms with van der Waals surface area (Å²) in [4.78, 5) is 22.0. The maximum atomic E-state index is 11.2. The molecule has 0 spiro atoms. The van der Waals surface area contributed by atoms with Crippen molar-refractivity contribution in [3.63, 3.8) is 0 Å². The Hall–Kier alpha value is -0.910. The number of ketones is 1. The number of alkyl halides is 2. The van der Waals surface area contributed by atoms with Crippen molar-refractivity contribution in [2.24, 2.45) is 0 Å². The highest BCUT2D eigenvalue weighted by Gasteiger charge is 2.22. The van der Waals surface area contributed by atoms with Crippen LogP contribution in [0.5, 0.6) is 0 Å². The first-order chi connectivity index (χ1) is 8.38. The predicted molar refractivity (Wildman–Crippen MR) is 70.9 cm³/mol. The lowest BCUT2D eigenvalue weighted by Crippen LogP contribution is -2.13. The fraction of sp³-hybridized carbons (Fsp3) is 0.333. The Morgan fingerprint density at radius 2 is 2.06 bits per heavy atom. The smallest absolute Gasteiger partial charge is 0.337 e. The van der Waals surface area contributed by atoms with Crippen LogP contribution in [0.1, 0.15) is 35.1 Å². The lowest BCUT2D eigenvalue weighted by molar-refractivity contribution is -0.147. The fourth-order valence-electron chi connectivity index (χ4n) is 1.52. The third-order valence-electron chi connectivity index (χ3n) is 2.49. The highest BCUT2D eigenvalue weighted by Crippen LogP contribution is 2.28. The number of carbonyl (C=O) groups excluding carboxylic acids is 1. The summed E-state index contributed by atoms with van der Waals surface area (Å²) < 4.78 is 0. The lowest BCUT2D eigenvalue weighted by atomic mass is 9.98. The van der Waals surface area contributed by atoms with E-state index in [0.717, 1.165) is 0 Å². The monoisotopic (exact) mass is 334 g/mol. The number of hydrogen-bond acceptors (Lipinski definition) is 3. The molecular weight excluding hydrogens is 323 g/mol. The highest BCUT2D eigenvalue weighted by molar-refractivity contribution is 9.08. The van der Waals surface area contributed by atoms with Gasteiger partial charge in [0.2, 0.25) is 0 Å². The first kappa shape index (κ1) is 15.1. The average molecular weight is 336 g/mol. The number of aliphatic hydroxyl groups is 1. The number of benzene rings is 1. The second-order valence-corrected chi connectivity index (χ2v) is 4.80. The van der Waals surface area contributed by atoms with Gasteiger partial charge in [0.25, 0.3) is 0 Å². The van der Waals surface area contributed by atoms with Gasteiger partial charge in [0, 0.05) is 5.33 Å². The van der Waals surface area contributed by atoms with Crippen LogP contribution in [0.15, 0.2) is 18.2 Å². The molecule has 0 bridgehead atoms. The van der Waals surface area contributed by atoms with Crippen molar-refractivity contribution in [3.8, 4) is 0 Å². The zero-order chi connectivity index (χ0) is 13.9. The van der Waals surface area contributed by atoms with Crippen LogP contribution in [0.25, 0.3) is 0 Å². The van der Waals surface area contributed by atoms with Crippen LogP contribution in [0, 0.1) is 0 Å². The quantitative estimate of drug-likeness (QED) is 0.811. The Morgan fingerprint density at radius 1 is 1.44 bits per heavy atom. The minimum absolute atomic E-state index is 0.237. The summed E-state index contributed by atoms with van der Waals surface area (Å²) in [5.41, 5.74) is 1.36. The standard InChI is InChI=1S/C12H12BrClO4/c1-6(15)10(14)7-2-3-8(5-13)9(4-7)11(16)12(17)18/h2-4,10-11,16H,5H2,1H3,(H,17,18). The summed E-state index contributed by atoms with van der Waals surface area (Å²) in [5, 5.41) is 18.0. The van der Waals surface area contributed by atoms with Crippen LogP contribution in [-0.2, 0) is 14.9 Å². The first-order valence-electron chi connectivity index (χ1n) is 5.12. The maximum Gasteiger partial charge on any atom is 0.337 e. The summed E-state index contributed by atoms with van der Waals surface area (Å²) in [6, 6.07) is 4.74. The Morgan fingerprint density at radius 3 is 2.50 bits per heavy atom. The second kappa shape index (κ2) is 6.31. The van der Waals surface area contributed by atoms with Crippen molar-refractivity contribution in [2.45, 2.75) is 23.7 Å². The van der Waals surface area contributed by atoms with E-state index in [1.165, 1.54) is 13.0 Å². The average Bonchev–Trinajstić information content (AvgIpc) is 2.35. The number of hydrogen-bond donors (Lipinski definition) is 2. The topological polar surface area (TPSA) is 74.6 Å². The maximum absolute atomic E-state index is 11.2. The van der Waals surface area contributed by atoms with E-state index in [0.29, 0.717) is 16.5 Å². The van der Waals surface area contributed by atoms with Gasteiger partial charge in [-0.1, -0.05) is 34.1 Å². The number of halogens is 2. The van der Waals surface area contributed by atoms with Gasteiger partial charge in [0.15, 0.2) is 11.9 Å². The Bertz CT molecular complexity index is 475. The molecule has 1 rings (SSSR count). The molecule has 4 nitrogen and oxygen atoms in total. The highest BCUT2D eigenvalue weighted by atomic mass is 79.9. The number of carboxylic acid groups (broad SMARTS) is 1. The summed E-state index contributed by atoms with van der Waals surface area (Å²) in [7, 11) is 0. The van der Waals surface area contributed by atoms with Crippen molar-refractivity contribution in [1.29, 1.82) is 0 Å². The Balaban J connectivity index is 3.25. The molecule has 1 aromatic carbocycles. The van der Waals surface area contributed by atoms with Gasteiger partial charge in [0.1, 0.15) is 5.38 Å². The van der Waals surface area contributed by atoms with E-state index in [2.05, 4.69) is 15.9 Å². The molecule has 6 heteroatoms. The van der Waals surface area contributed by atoms with E-state index in [9.17, 15) is 14.7 Å². The van der Waals surface area contributed by atoms with Crippen LogP contribution in [0.3, 0.4) is 0 Å². The molecular formula is C12H12BrClO4. The molecule has 1 aromatic rings. The van der Waals surface area contributed by atoms with Gasteiger partial charge in [-0.25, -0.2) is 4.79 Å². The number of carbonyl (C=O) groups is 2. The summed E-state index contributed by atoms with van der Waals surface area (Å²) >= 11 is 9.11. The molecule has 0 saturated carbocycles. The molecule has 18 heavy (non-hydrogen) atoms. The predicted octanol–water partition coefficient (Wildman–Crippen LogP) is 2.57. The van der Waals surface area contributed by atoms with Crippen LogP contribution >= 0.6 is 27.5 Å². The molecule has 0 amide bonds. The van der Waals surface area contributed by atoms with Crippen molar-refractivity contribution in [2.75, 3.05) is 0 Å². The normalized spacial score (nSPS) is 14.0. The first-order valence-corrected chi connectivity index (χ1v) is 6.68. The van der Waals surface area contributed by atoms with Crippen molar-refractivity contribution >= 4 is 39.3 Å². The molecule has 2 atom stereocenters. The summed E-state index contributed by atoms with van der Waals surface area (Å²) in [6.07, 6.45) is -1.63. The van der Waals surface area contributed by atoms with Crippen LogP contribution in [0.2, 0.25) is 0 Å².